The van der Waals surface area contributed by atoms with Crippen LogP contribution in [-0.2, 0) is 13.5 Å². The van der Waals surface area contributed by atoms with Crippen LogP contribution in [0.4, 0.5) is 0 Å². The molecule has 2 N–H and O–H groups in total. The highest BCUT2D eigenvalue weighted by atomic mass is 16.4. The van der Waals surface area contributed by atoms with Crippen molar-refractivity contribution in [2.24, 2.45) is 7.05 Å². The van der Waals surface area contributed by atoms with Gasteiger partial charge in [0.1, 0.15) is 0 Å². The average molecular weight is 263 g/mol. The van der Waals surface area contributed by atoms with Crippen molar-refractivity contribution in [1.82, 2.24) is 15.2 Å². The van der Waals surface area contributed by atoms with E-state index >= 15 is 0 Å². The number of aryl methyl sites for hydroxylation is 1. The summed E-state index contributed by atoms with van der Waals surface area (Å²) in [6.07, 6.45) is 2.08. The molecule has 19 heavy (non-hydrogen) atoms. The lowest BCUT2D eigenvalue weighted by atomic mass is 10.1. The normalized spacial score (nSPS) is 11.3. The maximum Gasteiger partial charge on any atom is 0.419 e. The number of benzene rings is 1. The minimum atomic E-state index is -0.308. The molecule has 104 valence electrons. The second-order valence-electron chi connectivity index (χ2n) is 4.69. The summed E-state index contributed by atoms with van der Waals surface area (Å²) in [5.74, 6) is -0.308. The lowest BCUT2D eigenvalue weighted by molar-refractivity contribution is 0.528. The van der Waals surface area contributed by atoms with Crippen molar-refractivity contribution in [3.63, 3.8) is 0 Å². The maximum absolute atomic E-state index is 11.4. The first-order valence-electron chi connectivity index (χ1n) is 6.66. The Morgan fingerprint density at radius 3 is 2.89 bits per heavy atom. The molecule has 1 heterocycles. The zero-order chi connectivity index (χ0) is 13.7. The molecule has 0 bridgehead atoms. The van der Waals surface area contributed by atoms with Gasteiger partial charge >= 0.3 is 5.76 Å². The van der Waals surface area contributed by atoms with Crippen LogP contribution in [-0.4, -0.2) is 31.2 Å². The Hall–Kier alpha value is -1.59. The molecule has 0 saturated carbocycles. The first-order valence-corrected chi connectivity index (χ1v) is 6.66. The summed E-state index contributed by atoms with van der Waals surface area (Å²) in [5, 5.41) is 6.53. The van der Waals surface area contributed by atoms with Crippen LogP contribution in [0.25, 0.3) is 11.1 Å². The molecule has 0 atom stereocenters. The number of hydrogen-bond acceptors (Lipinski definition) is 4. The van der Waals surface area contributed by atoms with Crippen molar-refractivity contribution >= 4 is 11.1 Å². The zero-order valence-corrected chi connectivity index (χ0v) is 11.5. The van der Waals surface area contributed by atoms with Gasteiger partial charge in [-0.05, 0) is 57.2 Å². The highest BCUT2D eigenvalue weighted by Gasteiger charge is 2.05. The molecule has 0 aliphatic rings. The number of nitrogens with one attached hydrogen (secondary N) is 2. The summed E-state index contributed by atoms with van der Waals surface area (Å²) in [6, 6.07) is 5.91. The van der Waals surface area contributed by atoms with Gasteiger partial charge in [-0.2, -0.15) is 0 Å². The predicted octanol–water partition coefficient (Wildman–Crippen LogP) is 0.873. The molecule has 0 saturated heterocycles. The highest BCUT2D eigenvalue weighted by Crippen LogP contribution is 2.14. The smallest absolute Gasteiger partial charge is 0.408 e. The van der Waals surface area contributed by atoms with Gasteiger partial charge in [0, 0.05) is 7.05 Å². The highest BCUT2D eigenvalue weighted by molar-refractivity contribution is 5.73. The maximum atomic E-state index is 11.4. The predicted molar refractivity (Wildman–Crippen MR) is 76.6 cm³/mol. The second-order valence-corrected chi connectivity index (χ2v) is 4.69. The van der Waals surface area contributed by atoms with Crippen LogP contribution in [0, 0.1) is 0 Å². The molecule has 0 fully saturated rings. The van der Waals surface area contributed by atoms with E-state index in [1.807, 2.05) is 25.2 Å². The molecular weight excluding hydrogens is 242 g/mol. The van der Waals surface area contributed by atoms with Crippen LogP contribution in [0.5, 0.6) is 0 Å². The Bertz CT molecular complexity index is 586. The van der Waals surface area contributed by atoms with E-state index in [9.17, 15) is 4.79 Å². The van der Waals surface area contributed by atoms with Gasteiger partial charge in [-0.25, -0.2) is 4.79 Å². The van der Waals surface area contributed by atoms with E-state index < -0.39 is 0 Å². The van der Waals surface area contributed by atoms with Gasteiger partial charge in [0.15, 0.2) is 5.58 Å². The monoisotopic (exact) mass is 263 g/mol. The fourth-order valence-corrected chi connectivity index (χ4v) is 2.08. The number of hydrogen-bond donors (Lipinski definition) is 2. The van der Waals surface area contributed by atoms with E-state index in [2.05, 4.69) is 10.6 Å². The van der Waals surface area contributed by atoms with E-state index in [0.29, 0.717) is 5.58 Å². The van der Waals surface area contributed by atoms with Crippen LogP contribution in [0.3, 0.4) is 0 Å². The van der Waals surface area contributed by atoms with Gasteiger partial charge in [-0.3, -0.25) is 4.57 Å². The van der Waals surface area contributed by atoms with Gasteiger partial charge in [-0.15, -0.1) is 0 Å². The van der Waals surface area contributed by atoms with Crippen LogP contribution in [0.15, 0.2) is 27.4 Å². The number of fused-ring (bicyclic) bond motifs is 1. The molecule has 0 aliphatic heterocycles. The molecule has 2 rings (SSSR count). The Labute approximate surface area is 112 Å². The second kappa shape index (κ2) is 6.54. The number of aromatic nitrogens is 1. The van der Waals surface area contributed by atoms with Crippen molar-refractivity contribution in [2.45, 2.75) is 12.8 Å². The van der Waals surface area contributed by atoms with E-state index in [0.717, 1.165) is 38.0 Å². The lowest BCUT2D eigenvalue weighted by Gasteiger charge is -2.05. The summed E-state index contributed by atoms with van der Waals surface area (Å²) in [4.78, 5) is 11.4. The third-order valence-corrected chi connectivity index (χ3v) is 3.23. The van der Waals surface area contributed by atoms with Crippen molar-refractivity contribution in [3.05, 3.63) is 34.3 Å². The Kier molecular flexibility index (Phi) is 4.76. The minimum Gasteiger partial charge on any atom is -0.408 e. The van der Waals surface area contributed by atoms with E-state index in [1.54, 1.807) is 11.6 Å². The van der Waals surface area contributed by atoms with Crippen LogP contribution < -0.4 is 16.4 Å². The number of rotatable bonds is 7. The number of nitrogens with zero attached hydrogens (tertiary/aromatic N) is 1. The van der Waals surface area contributed by atoms with Gasteiger partial charge in [0.2, 0.25) is 0 Å². The first kappa shape index (κ1) is 13.8. The third kappa shape index (κ3) is 3.45. The average Bonchev–Trinajstić information content (AvgIpc) is 2.70. The molecule has 5 nitrogen and oxygen atoms in total. The SMILES string of the molecule is CNCCCNCCc1ccc2oc(=O)n(C)c2c1. The summed E-state index contributed by atoms with van der Waals surface area (Å²) in [5.41, 5.74) is 2.72. The van der Waals surface area contributed by atoms with E-state index in [1.165, 1.54) is 5.56 Å². The molecule has 0 unspecified atom stereocenters. The summed E-state index contributed by atoms with van der Waals surface area (Å²) < 4.78 is 6.65. The molecule has 2 aromatic rings. The summed E-state index contributed by atoms with van der Waals surface area (Å²) in [7, 11) is 3.69. The Balaban J connectivity index is 1.91. The van der Waals surface area contributed by atoms with Crippen LogP contribution >= 0.6 is 0 Å². The lowest BCUT2D eigenvalue weighted by Crippen LogP contribution is -2.21. The molecule has 1 aromatic carbocycles. The molecule has 0 spiro atoms. The van der Waals surface area contributed by atoms with Gasteiger partial charge in [-0.1, -0.05) is 6.07 Å². The quantitative estimate of drug-likeness (QED) is 0.728. The molecule has 0 amide bonds. The molecule has 0 radical (unpaired) electrons. The molecule has 1 aromatic heterocycles. The fraction of sp³-hybridized carbons (Fsp3) is 0.500. The van der Waals surface area contributed by atoms with Crippen molar-refractivity contribution in [2.75, 3.05) is 26.7 Å². The molecule has 5 heteroatoms. The Morgan fingerprint density at radius 1 is 1.26 bits per heavy atom. The summed E-state index contributed by atoms with van der Waals surface area (Å²) in [6.45, 7) is 3.00. The summed E-state index contributed by atoms with van der Waals surface area (Å²) >= 11 is 0. The fourth-order valence-electron chi connectivity index (χ4n) is 2.08. The third-order valence-electron chi connectivity index (χ3n) is 3.23. The largest absolute Gasteiger partial charge is 0.419 e. The van der Waals surface area contributed by atoms with Crippen LogP contribution in [0.2, 0.25) is 0 Å². The molecular formula is C14H21N3O2. The number of oxazole rings is 1. The van der Waals surface area contributed by atoms with Gasteiger partial charge in [0.25, 0.3) is 0 Å². The van der Waals surface area contributed by atoms with Crippen molar-refractivity contribution in [3.8, 4) is 0 Å². The first-order chi connectivity index (χ1) is 9.22. The molecule has 0 aliphatic carbocycles. The van der Waals surface area contributed by atoms with Gasteiger partial charge in [0.05, 0.1) is 5.52 Å². The van der Waals surface area contributed by atoms with Crippen molar-refractivity contribution in [1.29, 1.82) is 0 Å². The van der Waals surface area contributed by atoms with Gasteiger partial charge < -0.3 is 15.1 Å². The van der Waals surface area contributed by atoms with Crippen LogP contribution in [0.1, 0.15) is 12.0 Å². The standard InChI is InChI=1S/C14H21N3O2/c1-15-7-3-8-16-9-6-11-4-5-13-12(10-11)17(2)14(18)19-13/h4-5,10,15-16H,3,6-9H2,1-2H3. The zero-order valence-electron chi connectivity index (χ0n) is 11.5. The Morgan fingerprint density at radius 2 is 2.11 bits per heavy atom. The van der Waals surface area contributed by atoms with E-state index in [-0.39, 0.29) is 5.76 Å². The topological polar surface area (TPSA) is 59.2 Å². The minimum absolute atomic E-state index is 0.308. The van der Waals surface area contributed by atoms with E-state index in [4.69, 9.17) is 4.42 Å². The van der Waals surface area contributed by atoms with Crippen molar-refractivity contribution < 1.29 is 4.42 Å².